The Morgan fingerprint density at radius 2 is 1.73 bits per heavy atom. The van der Waals surface area contributed by atoms with E-state index in [1.54, 1.807) is 0 Å². The summed E-state index contributed by atoms with van der Waals surface area (Å²) in [5.74, 6) is -0.644. The zero-order valence-corrected chi connectivity index (χ0v) is 7.40. The first-order valence-electron chi connectivity index (χ1n) is 3.85. The topological polar surface area (TPSA) is 26.0 Å². The average Bonchev–Trinajstić information content (AvgIpc) is 1.80. The third kappa shape index (κ3) is 5.13. The average molecular weight is 165 g/mol. The molecule has 1 atom stereocenters. The second-order valence-corrected chi connectivity index (χ2v) is 4.10. The second-order valence-electron chi connectivity index (χ2n) is 4.10. The van der Waals surface area contributed by atoms with E-state index in [4.69, 9.17) is 5.73 Å². The number of hydrogen-bond acceptors (Lipinski definition) is 1. The molecule has 2 N–H and O–H groups in total. The molecule has 1 unspecified atom stereocenters. The Hall–Kier alpha value is -0.180. The molecule has 0 aromatic heterocycles. The third-order valence-electron chi connectivity index (χ3n) is 1.53. The highest BCUT2D eigenvalue weighted by Gasteiger charge is 2.24. The molecule has 0 radical (unpaired) electrons. The lowest BCUT2D eigenvalue weighted by molar-refractivity contribution is 0.0579. The SMILES string of the molecule is CC(C)(C)CC(CN)C(F)F. The van der Waals surface area contributed by atoms with Crippen LogP contribution in [0.25, 0.3) is 0 Å². The van der Waals surface area contributed by atoms with Gasteiger partial charge in [-0.3, -0.25) is 0 Å². The Morgan fingerprint density at radius 1 is 1.27 bits per heavy atom. The van der Waals surface area contributed by atoms with Gasteiger partial charge in [0.2, 0.25) is 6.43 Å². The molecular weight excluding hydrogens is 148 g/mol. The quantitative estimate of drug-likeness (QED) is 0.682. The molecule has 0 heterocycles. The van der Waals surface area contributed by atoms with Crippen molar-refractivity contribution in [1.29, 1.82) is 0 Å². The molecule has 68 valence electrons. The summed E-state index contributed by atoms with van der Waals surface area (Å²) in [4.78, 5) is 0. The molecule has 0 aliphatic carbocycles. The Labute approximate surface area is 67.0 Å². The summed E-state index contributed by atoms with van der Waals surface area (Å²) in [5.41, 5.74) is 5.15. The largest absolute Gasteiger partial charge is 0.330 e. The van der Waals surface area contributed by atoms with Crippen molar-refractivity contribution in [2.45, 2.75) is 33.6 Å². The van der Waals surface area contributed by atoms with Crippen LogP contribution in [0.5, 0.6) is 0 Å². The Bertz CT molecular complexity index is 107. The van der Waals surface area contributed by atoms with Crippen LogP contribution in [0.4, 0.5) is 8.78 Å². The van der Waals surface area contributed by atoms with Gasteiger partial charge in [0, 0.05) is 12.5 Å². The molecule has 0 aromatic rings. The van der Waals surface area contributed by atoms with Crippen molar-refractivity contribution in [2.75, 3.05) is 6.54 Å². The van der Waals surface area contributed by atoms with E-state index in [1.165, 1.54) is 0 Å². The summed E-state index contributed by atoms with van der Waals surface area (Å²) in [6.45, 7) is 5.91. The highest BCUT2D eigenvalue weighted by molar-refractivity contribution is 4.71. The maximum absolute atomic E-state index is 12.1. The first-order valence-corrected chi connectivity index (χ1v) is 3.85. The van der Waals surface area contributed by atoms with E-state index in [-0.39, 0.29) is 12.0 Å². The van der Waals surface area contributed by atoms with Crippen molar-refractivity contribution >= 4 is 0 Å². The van der Waals surface area contributed by atoms with Crippen molar-refractivity contribution in [3.63, 3.8) is 0 Å². The maximum Gasteiger partial charge on any atom is 0.242 e. The Balaban J connectivity index is 3.88. The van der Waals surface area contributed by atoms with E-state index in [0.717, 1.165) is 0 Å². The number of hydrogen-bond donors (Lipinski definition) is 1. The van der Waals surface area contributed by atoms with Crippen molar-refractivity contribution in [2.24, 2.45) is 17.1 Å². The van der Waals surface area contributed by atoms with Crippen LogP contribution in [0.15, 0.2) is 0 Å². The highest BCUT2D eigenvalue weighted by Crippen LogP contribution is 2.27. The molecule has 11 heavy (non-hydrogen) atoms. The minimum Gasteiger partial charge on any atom is -0.330 e. The van der Waals surface area contributed by atoms with E-state index in [2.05, 4.69) is 0 Å². The zero-order chi connectivity index (χ0) is 9.07. The number of alkyl halides is 2. The van der Waals surface area contributed by atoms with Crippen molar-refractivity contribution in [1.82, 2.24) is 0 Å². The van der Waals surface area contributed by atoms with Crippen molar-refractivity contribution < 1.29 is 8.78 Å². The van der Waals surface area contributed by atoms with Gasteiger partial charge in [-0.2, -0.15) is 0 Å². The zero-order valence-electron chi connectivity index (χ0n) is 7.40. The summed E-state index contributed by atoms with van der Waals surface area (Å²) in [5, 5.41) is 0. The summed E-state index contributed by atoms with van der Waals surface area (Å²) in [7, 11) is 0. The molecule has 0 aliphatic rings. The monoisotopic (exact) mass is 165 g/mol. The molecule has 0 bridgehead atoms. The molecule has 0 amide bonds. The van der Waals surface area contributed by atoms with E-state index < -0.39 is 12.3 Å². The minimum absolute atomic E-state index is 0.0551. The fourth-order valence-corrected chi connectivity index (χ4v) is 1.06. The van der Waals surface area contributed by atoms with Gasteiger partial charge in [-0.05, 0) is 11.8 Å². The van der Waals surface area contributed by atoms with Crippen LogP contribution in [-0.2, 0) is 0 Å². The van der Waals surface area contributed by atoms with Gasteiger partial charge in [-0.25, -0.2) is 8.78 Å². The molecular formula is C8H17F2N. The van der Waals surface area contributed by atoms with E-state index >= 15 is 0 Å². The van der Waals surface area contributed by atoms with Gasteiger partial charge in [0.25, 0.3) is 0 Å². The number of halogens is 2. The van der Waals surface area contributed by atoms with Gasteiger partial charge < -0.3 is 5.73 Å². The number of nitrogens with two attached hydrogens (primary N) is 1. The van der Waals surface area contributed by atoms with Crippen molar-refractivity contribution in [3.8, 4) is 0 Å². The molecule has 0 saturated carbocycles. The first kappa shape index (κ1) is 10.8. The van der Waals surface area contributed by atoms with Crippen molar-refractivity contribution in [3.05, 3.63) is 0 Å². The smallest absolute Gasteiger partial charge is 0.242 e. The molecule has 0 aliphatic heterocycles. The normalized spacial score (nSPS) is 15.5. The van der Waals surface area contributed by atoms with Gasteiger partial charge >= 0.3 is 0 Å². The lowest BCUT2D eigenvalue weighted by atomic mass is 9.85. The van der Waals surface area contributed by atoms with Crippen LogP contribution >= 0.6 is 0 Å². The van der Waals surface area contributed by atoms with E-state index in [0.29, 0.717) is 6.42 Å². The van der Waals surface area contributed by atoms with Gasteiger partial charge in [-0.15, -0.1) is 0 Å². The van der Waals surface area contributed by atoms with Crippen LogP contribution in [0.1, 0.15) is 27.2 Å². The maximum atomic E-state index is 12.1. The molecule has 3 heteroatoms. The Kier molecular flexibility index (Phi) is 3.93. The minimum atomic E-state index is -2.28. The van der Waals surface area contributed by atoms with Gasteiger partial charge in [0.1, 0.15) is 0 Å². The van der Waals surface area contributed by atoms with E-state index in [9.17, 15) is 8.78 Å². The van der Waals surface area contributed by atoms with Gasteiger partial charge in [-0.1, -0.05) is 20.8 Å². The number of rotatable bonds is 3. The predicted molar refractivity (Wildman–Crippen MR) is 42.6 cm³/mol. The van der Waals surface area contributed by atoms with Crippen LogP contribution < -0.4 is 5.73 Å². The molecule has 0 aromatic carbocycles. The highest BCUT2D eigenvalue weighted by atomic mass is 19.3. The third-order valence-corrected chi connectivity index (χ3v) is 1.53. The van der Waals surface area contributed by atoms with Crippen LogP contribution in [0.3, 0.4) is 0 Å². The van der Waals surface area contributed by atoms with Gasteiger partial charge in [0.15, 0.2) is 0 Å². The summed E-state index contributed by atoms with van der Waals surface area (Å²) in [6.07, 6.45) is -1.79. The van der Waals surface area contributed by atoms with Crippen LogP contribution in [0, 0.1) is 11.3 Å². The first-order chi connectivity index (χ1) is 4.87. The molecule has 0 spiro atoms. The fraction of sp³-hybridized carbons (Fsp3) is 1.00. The summed E-state index contributed by atoms with van der Waals surface area (Å²) in [6, 6.07) is 0. The Morgan fingerprint density at radius 3 is 1.82 bits per heavy atom. The lowest BCUT2D eigenvalue weighted by Gasteiger charge is -2.24. The van der Waals surface area contributed by atoms with Crippen LogP contribution in [0.2, 0.25) is 0 Å². The fourth-order valence-electron chi connectivity index (χ4n) is 1.06. The predicted octanol–water partition coefficient (Wildman–Crippen LogP) is 2.26. The summed E-state index contributed by atoms with van der Waals surface area (Å²) < 4.78 is 24.3. The van der Waals surface area contributed by atoms with Gasteiger partial charge in [0.05, 0.1) is 0 Å². The molecule has 1 nitrogen and oxygen atoms in total. The second kappa shape index (κ2) is 4.00. The van der Waals surface area contributed by atoms with Crippen LogP contribution in [-0.4, -0.2) is 13.0 Å². The van der Waals surface area contributed by atoms with E-state index in [1.807, 2.05) is 20.8 Å². The molecule has 0 saturated heterocycles. The standard InChI is InChI=1S/C8H17F2N/c1-8(2,3)4-6(5-11)7(9)10/h6-7H,4-5,11H2,1-3H3. The molecule has 0 rings (SSSR count). The summed E-state index contributed by atoms with van der Waals surface area (Å²) >= 11 is 0. The lowest BCUT2D eigenvalue weighted by Crippen LogP contribution is -2.26. The molecule has 0 fully saturated rings.